The molecule has 0 spiro atoms. The summed E-state index contributed by atoms with van der Waals surface area (Å²) in [5.74, 6) is 3.35. The van der Waals surface area contributed by atoms with Crippen molar-refractivity contribution in [1.29, 1.82) is 5.26 Å². The highest BCUT2D eigenvalue weighted by Gasteiger charge is 2.49. The second-order valence-corrected chi connectivity index (χ2v) is 13.3. The van der Waals surface area contributed by atoms with E-state index in [0.29, 0.717) is 62.6 Å². The Labute approximate surface area is 257 Å². The maximum Gasteiger partial charge on any atom is 0.234 e. The van der Waals surface area contributed by atoms with E-state index in [1.165, 1.54) is 0 Å². The van der Waals surface area contributed by atoms with Crippen molar-refractivity contribution in [2.45, 2.75) is 68.9 Å². The van der Waals surface area contributed by atoms with Crippen LogP contribution in [0.15, 0.2) is 30.3 Å². The number of pyridine rings is 1. The van der Waals surface area contributed by atoms with Crippen molar-refractivity contribution in [2.75, 3.05) is 49.1 Å². The molecule has 1 aromatic heterocycles. The number of phenols is 1. The average Bonchev–Trinajstić information content (AvgIpc) is 3.68. The highest BCUT2D eigenvalue weighted by molar-refractivity contribution is 6.00. The summed E-state index contributed by atoms with van der Waals surface area (Å²) in [5.41, 5.74) is 4.72. The number of piperazine rings is 1. The molecular weight excluding hydrogens is 555 g/mol. The number of hydrogen-bond acceptors (Lipinski definition) is 8. The summed E-state index contributed by atoms with van der Waals surface area (Å²) < 4.78 is 21.1. The van der Waals surface area contributed by atoms with E-state index in [1.54, 1.807) is 12.1 Å². The first-order chi connectivity index (χ1) is 21.4. The number of nitrogens with one attached hydrogen (secondary N) is 1. The van der Waals surface area contributed by atoms with Crippen LogP contribution in [-0.2, 0) is 13.0 Å². The van der Waals surface area contributed by atoms with Crippen molar-refractivity contribution in [1.82, 2.24) is 15.2 Å². The van der Waals surface area contributed by atoms with Crippen LogP contribution in [0.5, 0.6) is 11.6 Å². The van der Waals surface area contributed by atoms with Gasteiger partial charge in [-0.3, -0.25) is 4.90 Å². The lowest BCUT2D eigenvalue weighted by Gasteiger charge is -2.39. The molecule has 2 unspecified atom stereocenters. The van der Waals surface area contributed by atoms with Gasteiger partial charge in [-0.2, -0.15) is 5.26 Å². The maximum absolute atomic E-state index is 14.6. The molecule has 44 heavy (non-hydrogen) atoms. The molecule has 2 aromatic carbocycles. The number of hydrogen-bond donors (Lipinski definition) is 2. The zero-order chi connectivity index (χ0) is 30.0. The van der Waals surface area contributed by atoms with E-state index in [0.717, 1.165) is 84.3 Å². The standard InChI is InChI=1S/C35H37FN6O2/c1-2-22-5-3-6-23-13-27(43)14-31(32(22)23)40-12-9-28-30(20-40)39-34(44-21-35-10-4-11-42(35)17-24(36)15-35)29(16-37)33(28)41-18-25-7-8-26(19-41)38-25/h1,3,5-6,13-14,24-26,38,43H,4,7-12,15,17-21H2/t24-,25?,26?,35+/m1/s1. The zero-order valence-corrected chi connectivity index (χ0v) is 24.9. The Morgan fingerprint density at radius 1 is 1.16 bits per heavy atom. The van der Waals surface area contributed by atoms with Crippen LogP contribution in [0, 0.1) is 23.7 Å². The molecule has 0 aliphatic carbocycles. The number of halogens is 1. The lowest BCUT2D eigenvalue weighted by molar-refractivity contribution is 0.110. The summed E-state index contributed by atoms with van der Waals surface area (Å²) in [4.78, 5) is 11.9. The summed E-state index contributed by atoms with van der Waals surface area (Å²) in [7, 11) is 0. The summed E-state index contributed by atoms with van der Waals surface area (Å²) >= 11 is 0. The number of aromatic nitrogens is 1. The molecule has 0 saturated carbocycles. The fourth-order valence-electron chi connectivity index (χ4n) is 8.68. The van der Waals surface area contributed by atoms with Crippen LogP contribution >= 0.6 is 0 Å². The number of aromatic hydroxyl groups is 1. The summed E-state index contributed by atoms with van der Waals surface area (Å²) in [6.45, 7) is 4.53. The SMILES string of the molecule is C#Cc1cccc2cc(O)cc(N3CCc4c(nc(OC[C@@]56CCCN5C[C@H](F)C6)c(C#N)c4N4CC5CCC(C4)N5)C3)c12. The van der Waals surface area contributed by atoms with E-state index in [2.05, 4.69) is 32.0 Å². The van der Waals surface area contributed by atoms with Gasteiger partial charge in [0.1, 0.15) is 30.2 Å². The Hall–Kier alpha value is -4.05. The van der Waals surface area contributed by atoms with Gasteiger partial charge >= 0.3 is 0 Å². The first kappa shape index (κ1) is 27.5. The number of alkyl halides is 1. The molecule has 2 N–H and O–H groups in total. The lowest BCUT2D eigenvalue weighted by Crippen LogP contribution is -2.52. The van der Waals surface area contributed by atoms with E-state index in [4.69, 9.17) is 16.1 Å². The minimum absolute atomic E-state index is 0.185. The highest BCUT2D eigenvalue weighted by Crippen LogP contribution is 2.44. The summed E-state index contributed by atoms with van der Waals surface area (Å²) in [6, 6.07) is 12.6. The molecule has 4 atom stereocenters. The second-order valence-electron chi connectivity index (χ2n) is 13.3. The van der Waals surface area contributed by atoms with E-state index in [-0.39, 0.29) is 11.3 Å². The quantitative estimate of drug-likeness (QED) is 0.426. The largest absolute Gasteiger partial charge is 0.508 e. The van der Waals surface area contributed by atoms with Crippen molar-refractivity contribution in [3.8, 4) is 30.0 Å². The molecule has 8 rings (SSSR count). The molecule has 6 heterocycles. The van der Waals surface area contributed by atoms with E-state index in [9.17, 15) is 14.8 Å². The third-order valence-corrected chi connectivity index (χ3v) is 10.6. The Bertz CT molecular complexity index is 1720. The lowest BCUT2D eigenvalue weighted by atomic mass is 9.94. The van der Waals surface area contributed by atoms with Crippen LogP contribution in [0.25, 0.3) is 10.8 Å². The molecule has 5 aliphatic rings. The number of terminal acetylenes is 1. The molecule has 5 aliphatic heterocycles. The number of ether oxygens (including phenoxy) is 1. The van der Waals surface area contributed by atoms with Crippen LogP contribution < -0.4 is 19.9 Å². The van der Waals surface area contributed by atoms with Gasteiger partial charge in [-0.25, -0.2) is 9.37 Å². The molecule has 8 nitrogen and oxygen atoms in total. The molecule has 4 fully saturated rings. The normalized spacial score (nSPS) is 27.7. The van der Waals surface area contributed by atoms with Crippen LogP contribution in [-0.4, -0.2) is 78.1 Å². The van der Waals surface area contributed by atoms with E-state index < -0.39 is 6.17 Å². The Balaban J connectivity index is 1.21. The van der Waals surface area contributed by atoms with Gasteiger partial charge in [0, 0.05) is 73.0 Å². The van der Waals surface area contributed by atoms with Gasteiger partial charge in [0.2, 0.25) is 5.88 Å². The number of nitrogens with zero attached hydrogens (tertiary/aromatic N) is 5. The van der Waals surface area contributed by atoms with Gasteiger partial charge in [0.05, 0.1) is 23.5 Å². The first-order valence-corrected chi connectivity index (χ1v) is 15.9. The number of phenolic OH excluding ortho intramolecular Hbond substituents is 1. The summed E-state index contributed by atoms with van der Waals surface area (Å²) in [5, 5.41) is 26.8. The molecule has 3 aromatic rings. The third kappa shape index (κ3) is 4.45. The first-order valence-electron chi connectivity index (χ1n) is 15.9. The van der Waals surface area contributed by atoms with Gasteiger partial charge in [-0.05, 0) is 56.2 Å². The Morgan fingerprint density at radius 2 is 2.00 bits per heavy atom. The average molecular weight is 593 g/mol. The van der Waals surface area contributed by atoms with Crippen molar-refractivity contribution < 1.29 is 14.2 Å². The number of rotatable bonds is 5. The third-order valence-electron chi connectivity index (χ3n) is 10.6. The molecule has 0 amide bonds. The van der Waals surface area contributed by atoms with Gasteiger partial charge in [0.25, 0.3) is 0 Å². The maximum atomic E-state index is 14.6. The monoisotopic (exact) mass is 592 g/mol. The van der Waals surface area contributed by atoms with Gasteiger partial charge in [0.15, 0.2) is 0 Å². The van der Waals surface area contributed by atoms with Crippen molar-refractivity contribution in [2.24, 2.45) is 0 Å². The summed E-state index contributed by atoms with van der Waals surface area (Å²) in [6.07, 6.45) is 10.4. The Kier molecular flexibility index (Phi) is 6.59. The van der Waals surface area contributed by atoms with E-state index in [1.807, 2.05) is 18.2 Å². The van der Waals surface area contributed by atoms with Crippen molar-refractivity contribution >= 4 is 22.1 Å². The van der Waals surface area contributed by atoms with Gasteiger partial charge in [-0.15, -0.1) is 6.42 Å². The fourth-order valence-corrected chi connectivity index (χ4v) is 8.68. The van der Waals surface area contributed by atoms with Crippen LogP contribution in [0.2, 0.25) is 0 Å². The topological polar surface area (TPSA) is 87.9 Å². The van der Waals surface area contributed by atoms with Crippen LogP contribution in [0.3, 0.4) is 0 Å². The second kappa shape index (κ2) is 10.5. The number of benzene rings is 2. The number of nitriles is 1. The molecular formula is C35H37FN6O2. The van der Waals surface area contributed by atoms with Crippen LogP contribution in [0.1, 0.15) is 54.5 Å². The molecule has 2 bridgehead atoms. The number of fused-ring (bicyclic) bond motifs is 5. The van der Waals surface area contributed by atoms with Gasteiger partial charge in [-0.1, -0.05) is 18.1 Å². The molecule has 0 radical (unpaired) electrons. The minimum Gasteiger partial charge on any atom is -0.508 e. The smallest absolute Gasteiger partial charge is 0.234 e. The van der Waals surface area contributed by atoms with Gasteiger partial charge < -0.3 is 25.0 Å². The van der Waals surface area contributed by atoms with Crippen LogP contribution in [0.4, 0.5) is 15.8 Å². The minimum atomic E-state index is -0.851. The van der Waals surface area contributed by atoms with E-state index >= 15 is 0 Å². The predicted molar refractivity (Wildman–Crippen MR) is 168 cm³/mol. The predicted octanol–water partition coefficient (Wildman–Crippen LogP) is 4.25. The molecule has 9 heteroatoms. The Morgan fingerprint density at radius 3 is 2.80 bits per heavy atom. The molecule has 4 saturated heterocycles. The van der Waals surface area contributed by atoms with Crippen molar-refractivity contribution in [3.63, 3.8) is 0 Å². The fraction of sp³-hybridized carbons (Fsp3) is 0.486. The molecule has 226 valence electrons. The highest BCUT2D eigenvalue weighted by atomic mass is 19.1. The number of anilines is 2. The van der Waals surface area contributed by atoms with Crippen molar-refractivity contribution in [3.05, 3.63) is 52.7 Å². The zero-order valence-electron chi connectivity index (χ0n) is 24.9.